The fourth-order valence-corrected chi connectivity index (χ4v) is 3.56. The van der Waals surface area contributed by atoms with Crippen LogP contribution in [0.4, 0.5) is 18.0 Å². The average Bonchev–Trinajstić information content (AvgIpc) is 2.70. The van der Waals surface area contributed by atoms with Crippen LogP contribution in [-0.2, 0) is 23.8 Å². The molecule has 10 nitrogen and oxygen atoms in total. The van der Waals surface area contributed by atoms with Crippen molar-refractivity contribution in [3.05, 3.63) is 44.5 Å². The SMILES string of the molecule is Cc1cc(C)c2c(c1)C=C(C(=O)OC(C)OC(=O)OCCSCCO[N+](=O)[O-])[C@@H](C(F)(F)F)O2. The number of carbonyl (C=O) groups is 2. The van der Waals surface area contributed by atoms with Gasteiger partial charge in [-0.25, -0.2) is 9.59 Å². The summed E-state index contributed by atoms with van der Waals surface area (Å²) in [5.41, 5.74) is 0.745. The van der Waals surface area contributed by atoms with Crippen molar-refractivity contribution in [2.75, 3.05) is 24.7 Å². The van der Waals surface area contributed by atoms with Gasteiger partial charge in [0.2, 0.25) is 12.4 Å². The molecule has 0 aliphatic carbocycles. The average molecular weight is 509 g/mol. The molecule has 1 unspecified atom stereocenters. The largest absolute Gasteiger partial charge is 0.511 e. The van der Waals surface area contributed by atoms with Gasteiger partial charge in [0, 0.05) is 24.0 Å². The van der Waals surface area contributed by atoms with Gasteiger partial charge in [-0.05, 0) is 31.6 Å². The van der Waals surface area contributed by atoms with Crippen LogP contribution in [0.1, 0.15) is 23.6 Å². The lowest BCUT2D eigenvalue weighted by Gasteiger charge is -2.29. The van der Waals surface area contributed by atoms with E-state index in [1.54, 1.807) is 26.0 Å². The maximum absolute atomic E-state index is 13.6. The molecule has 0 saturated heterocycles. The van der Waals surface area contributed by atoms with Gasteiger partial charge in [-0.15, -0.1) is 10.1 Å². The van der Waals surface area contributed by atoms with Gasteiger partial charge in [0.1, 0.15) is 19.0 Å². The monoisotopic (exact) mass is 509 g/mol. The number of alkyl halides is 3. The summed E-state index contributed by atoms with van der Waals surface area (Å²) >= 11 is 1.21. The minimum absolute atomic E-state index is 0.0140. The molecular formula is C20H22F3NO9S. The Labute approximate surface area is 196 Å². The number of hydrogen-bond donors (Lipinski definition) is 0. The van der Waals surface area contributed by atoms with Gasteiger partial charge in [-0.3, -0.25) is 0 Å². The van der Waals surface area contributed by atoms with Gasteiger partial charge in [0.25, 0.3) is 5.09 Å². The first kappa shape index (κ1) is 27.1. The highest BCUT2D eigenvalue weighted by Gasteiger charge is 2.49. The van der Waals surface area contributed by atoms with E-state index in [-0.39, 0.29) is 30.5 Å². The predicted octanol–water partition coefficient (Wildman–Crippen LogP) is 3.99. The molecule has 2 atom stereocenters. The van der Waals surface area contributed by atoms with Crippen LogP contribution in [-0.4, -0.2) is 60.5 Å². The molecule has 1 aromatic rings. The van der Waals surface area contributed by atoms with Crippen molar-refractivity contribution in [3.63, 3.8) is 0 Å². The van der Waals surface area contributed by atoms with Crippen molar-refractivity contribution in [2.45, 2.75) is 39.3 Å². The lowest BCUT2D eigenvalue weighted by atomic mass is 9.97. The normalized spacial score (nSPS) is 15.8. The van der Waals surface area contributed by atoms with Gasteiger partial charge in [-0.1, -0.05) is 11.6 Å². The molecule has 14 heteroatoms. The van der Waals surface area contributed by atoms with Gasteiger partial charge < -0.3 is 23.8 Å². The Balaban J connectivity index is 1.92. The minimum Gasteiger partial charge on any atom is -0.475 e. The predicted molar refractivity (Wildman–Crippen MR) is 113 cm³/mol. The zero-order valence-corrected chi connectivity index (χ0v) is 19.2. The van der Waals surface area contributed by atoms with Crippen LogP contribution in [0.3, 0.4) is 0 Å². The number of nitrogens with zero attached hydrogens (tertiary/aromatic N) is 1. The summed E-state index contributed by atoms with van der Waals surface area (Å²) in [4.78, 5) is 38.2. The van der Waals surface area contributed by atoms with Crippen molar-refractivity contribution in [2.24, 2.45) is 0 Å². The van der Waals surface area contributed by atoms with E-state index in [1.807, 2.05) is 0 Å². The third kappa shape index (κ3) is 8.01. The van der Waals surface area contributed by atoms with E-state index in [0.29, 0.717) is 11.1 Å². The van der Waals surface area contributed by atoms with E-state index >= 15 is 0 Å². The molecule has 0 aromatic heterocycles. The van der Waals surface area contributed by atoms with Crippen LogP contribution in [0.15, 0.2) is 17.7 Å². The summed E-state index contributed by atoms with van der Waals surface area (Å²) in [5.74, 6) is -0.790. The van der Waals surface area contributed by atoms with Gasteiger partial charge >= 0.3 is 18.3 Å². The molecule has 0 saturated carbocycles. The highest BCUT2D eigenvalue weighted by molar-refractivity contribution is 7.99. The molecule has 0 bridgehead atoms. The van der Waals surface area contributed by atoms with Crippen molar-refractivity contribution in [1.29, 1.82) is 0 Å². The fourth-order valence-electron chi connectivity index (χ4n) is 2.96. The number of fused-ring (bicyclic) bond motifs is 1. The number of aryl methyl sites for hydroxylation is 2. The number of halogens is 3. The summed E-state index contributed by atoms with van der Waals surface area (Å²) in [6.45, 7) is 4.23. The first-order valence-corrected chi connectivity index (χ1v) is 11.0. The lowest BCUT2D eigenvalue weighted by Crippen LogP contribution is -2.41. The number of thioether (sulfide) groups is 1. The topological polar surface area (TPSA) is 123 Å². The van der Waals surface area contributed by atoms with E-state index in [4.69, 9.17) is 18.9 Å². The maximum atomic E-state index is 13.6. The van der Waals surface area contributed by atoms with E-state index < -0.39 is 41.4 Å². The molecular weight excluding hydrogens is 487 g/mol. The summed E-state index contributed by atoms with van der Waals surface area (Å²) in [6.07, 6.45) is -9.16. The Morgan fingerprint density at radius 2 is 1.88 bits per heavy atom. The molecule has 0 amide bonds. The Morgan fingerprint density at radius 3 is 2.53 bits per heavy atom. The van der Waals surface area contributed by atoms with Crippen LogP contribution >= 0.6 is 11.8 Å². The quantitative estimate of drug-likeness (QED) is 0.150. The summed E-state index contributed by atoms with van der Waals surface area (Å²) < 4.78 is 60.1. The van der Waals surface area contributed by atoms with E-state index in [2.05, 4.69) is 4.84 Å². The number of esters is 1. The van der Waals surface area contributed by atoms with E-state index in [0.717, 1.165) is 18.6 Å². The zero-order valence-electron chi connectivity index (χ0n) is 18.4. The highest BCUT2D eigenvalue weighted by Crippen LogP contribution is 2.39. The second-order valence-corrected chi connectivity index (χ2v) is 8.22. The molecule has 188 valence electrons. The molecule has 2 rings (SSSR count). The van der Waals surface area contributed by atoms with Gasteiger partial charge in [-0.2, -0.15) is 24.9 Å². The smallest absolute Gasteiger partial charge is 0.475 e. The maximum Gasteiger partial charge on any atom is 0.511 e. The van der Waals surface area contributed by atoms with Gasteiger partial charge in [0.15, 0.2) is 0 Å². The molecule has 1 aromatic carbocycles. The van der Waals surface area contributed by atoms with Crippen molar-refractivity contribution in [1.82, 2.24) is 0 Å². The minimum atomic E-state index is -4.90. The number of carbonyl (C=O) groups excluding carboxylic acids is 2. The third-order valence-corrected chi connectivity index (χ3v) is 5.13. The molecule has 0 N–H and O–H groups in total. The van der Waals surface area contributed by atoms with Crippen LogP contribution in [0.25, 0.3) is 6.08 Å². The standard InChI is InChI=1S/C20H22F3NO9S/c1-11-8-12(2)16-14(9-11)10-15(17(33-16)20(21,22)23)18(25)31-13(3)32-19(26)29-4-6-34-7-5-30-24(27)28/h8-10,13,17H,4-7H2,1-3H3/t13?,17-/m0/s1. The molecule has 0 radical (unpaired) electrons. The fraction of sp³-hybridized carbons (Fsp3) is 0.500. The Kier molecular flexibility index (Phi) is 9.41. The molecule has 1 aliphatic rings. The number of ether oxygens (including phenoxy) is 4. The number of rotatable bonds is 10. The third-order valence-electron chi connectivity index (χ3n) is 4.22. The summed E-state index contributed by atoms with van der Waals surface area (Å²) in [7, 11) is 0. The Hall–Kier alpha value is -3.16. The van der Waals surface area contributed by atoms with Gasteiger partial charge in [0.05, 0.1) is 5.57 Å². The first-order chi connectivity index (χ1) is 15.9. The molecule has 0 fully saturated rings. The van der Waals surface area contributed by atoms with Crippen LogP contribution in [0.5, 0.6) is 5.75 Å². The van der Waals surface area contributed by atoms with E-state index in [1.165, 1.54) is 11.8 Å². The van der Waals surface area contributed by atoms with E-state index in [9.17, 15) is 32.9 Å². The molecule has 1 heterocycles. The Bertz CT molecular complexity index is 952. The molecule has 34 heavy (non-hydrogen) atoms. The summed E-state index contributed by atoms with van der Waals surface area (Å²) in [6, 6.07) is 3.23. The van der Waals surface area contributed by atoms with Crippen LogP contribution in [0.2, 0.25) is 0 Å². The summed E-state index contributed by atoms with van der Waals surface area (Å²) in [5, 5.41) is 9.07. The second kappa shape index (κ2) is 11.8. The van der Waals surface area contributed by atoms with Crippen molar-refractivity contribution in [3.8, 4) is 5.75 Å². The van der Waals surface area contributed by atoms with Crippen molar-refractivity contribution < 1.29 is 51.6 Å². The first-order valence-electron chi connectivity index (χ1n) is 9.84. The van der Waals surface area contributed by atoms with Crippen LogP contribution in [0, 0.1) is 24.0 Å². The number of benzene rings is 1. The molecule has 1 aliphatic heterocycles. The van der Waals surface area contributed by atoms with Crippen molar-refractivity contribution >= 4 is 30.0 Å². The lowest BCUT2D eigenvalue weighted by molar-refractivity contribution is -0.756. The zero-order chi connectivity index (χ0) is 25.5. The van der Waals surface area contributed by atoms with Crippen LogP contribution < -0.4 is 4.74 Å². The Morgan fingerprint density at radius 1 is 1.21 bits per heavy atom. The number of hydrogen-bond acceptors (Lipinski definition) is 10. The highest BCUT2D eigenvalue weighted by atomic mass is 32.2. The second-order valence-electron chi connectivity index (χ2n) is 7.00. The molecule has 0 spiro atoms.